The van der Waals surface area contributed by atoms with Crippen molar-refractivity contribution in [1.29, 1.82) is 0 Å². The van der Waals surface area contributed by atoms with E-state index < -0.39 is 29.1 Å². The molecule has 5 rings (SSSR count). The smallest absolute Gasteiger partial charge is 0.271 e. The van der Waals surface area contributed by atoms with E-state index in [-0.39, 0.29) is 41.5 Å². The van der Waals surface area contributed by atoms with Gasteiger partial charge in [-0.1, -0.05) is 6.07 Å². The van der Waals surface area contributed by atoms with Crippen molar-refractivity contribution in [3.8, 4) is 0 Å². The summed E-state index contributed by atoms with van der Waals surface area (Å²) in [6.07, 6.45) is 2.14. The molecule has 1 unspecified atom stereocenters. The molecule has 3 aliphatic heterocycles. The molecule has 0 aliphatic carbocycles. The lowest BCUT2D eigenvalue weighted by Crippen LogP contribution is -2.53. The Balaban J connectivity index is 1.38. The van der Waals surface area contributed by atoms with Gasteiger partial charge in [0.05, 0.1) is 18.7 Å². The van der Waals surface area contributed by atoms with E-state index in [1.165, 1.54) is 12.3 Å². The number of fused-ring (bicyclic) bond motifs is 4. The molecule has 2 aromatic rings. The monoisotopic (exact) mass is 444 g/mol. The summed E-state index contributed by atoms with van der Waals surface area (Å²) < 4.78 is 28.5. The number of aliphatic hydroxyl groups excluding tert-OH is 1. The summed E-state index contributed by atoms with van der Waals surface area (Å²) >= 11 is 0. The molecule has 32 heavy (non-hydrogen) atoms. The molecular weight excluding hydrogens is 422 g/mol. The van der Waals surface area contributed by atoms with E-state index in [9.17, 15) is 28.3 Å². The van der Waals surface area contributed by atoms with Crippen LogP contribution in [0.25, 0.3) is 0 Å². The highest BCUT2D eigenvalue weighted by Gasteiger charge is 2.48. The van der Waals surface area contributed by atoms with Crippen LogP contribution in [0, 0.1) is 11.6 Å². The lowest BCUT2D eigenvalue weighted by atomic mass is 10.0. The minimum Gasteiger partial charge on any atom is -0.391 e. The molecule has 3 atom stereocenters. The second-order valence-electron chi connectivity index (χ2n) is 8.46. The third-order valence-electron chi connectivity index (χ3n) is 6.58. The number of hydrogen-bond acceptors (Lipinski definition) is 5. The molecule has 0 saturated carbocycles. The Morgan fingerprint density at radius 3 is 2.78 bits per heavy atom. The van der Waals surface area contributed by atoms with Crippen molar-refractivity contribution < 1.29 is 23.5 Å². The number of nitrogens with zero attached hydrogens (tertiary/aromatic N) is 3. The Morgan fingerprint density at radius 2 is 2.00 bits per heavy atom. The fraction of sp³-hybridized carbons (Fsp3) is 0.409. The number of halogens is 2. The zero-order chi connectivity index (χ0) is 22.6. The van der Waals surface area contributed by atoms with Crippen molar-refractivity contribution in [2.75, 3.05) is 13.1 Å². The highest BCUT2D eigenvalue weighted by molar-refractivity contribution is 5.97. The molecular formula is C22H22F2N4O4. The van der Waals surface area contributed by atoms with Crippen LogP contribution in [0.5, 0.6) is 0 Å². The van der Waals surface area contributed by atoms with Gasteiger partial charge in [-0.25, -0.2) is 8.78 Å². The Hall–Kier alpha value is -3.11. The lowest BCUT2D eigenvalue weighted by molar-refractivity contribution is 0.00772. The first-order valence-corrected chi connectivity index (χ1v) is 10.5. The Labute approximate surface area is 182 Å². The molecule has 1 aromatic carbocycles. The van der Waals surface area contributed by atoms with Gasteiger partial charge in [-0.3, -0.25) is 19.3 Å². The van der Waals surface area contributed by atoms with Crippen LogP contribution in [0.3, 0.4) is 0 Å². The van der Waals surface area contributed by atoms with Crippen molar-refractivity contribution in [2.45, 2.75) is 44.2 Å². The molecule has 1 aromatic heterocycles. The average molecular weight is 444 g/mol. The summed E-state index contributed by atoms with van der Waals surface area (Å²) in [7, 11) is 0. The summed E-state index contributed by atoms with van der Waals surface area (Å²) in [6.45, 7) is 1.33. The quantitative estimate of drug-likeness (QED) is 0.726. The number of piperidine rings is 1. The van der Waals surface area contributed by atoms with Gasteiger partial charge in [-0.15, -0.1) is 0 Å². The molecule has 2 N–H and O–H groups in total. The second kappa shape index (κ2) is 7.79. The van der Waals surface area contributed by atoms with Gasteiger partial charge < -0.3 is 19.9 Å². The fourth-order valence-electron chi connectivity index (χ4n) is 4.92. The van der Waals surface area contributed by atoms with Gasteiger partial charge in [0, 0.05) is 43.5 Å². The van der Waals surface area contributed by atoms with Gasteiger partial charge in [0.25, 0.3) is 11.8 Å². The van der Waals surface area contributed by atoms with E-state index >= 15 is 0 Å². The van der Waals surface area contributed by atoms with Crippen molar-refractivity contribution in [3.05, 3.63) is 69.1 Å². The summed E-state index contributed by atoms with van der Waals surface area (Å²) in [5.41, 5.74) is -0.492. The zero-order valence-electron chi connectivity index (χ0n) is 17.1. The Kier molecular flexibility index (Phi) is 5.06. The number of aliphatic hydroxyl groups is 1. The molecule has 2 fully saturated rings. The van der Waals surface area contributed by atoms with E-state index in [1.54, 1.807) is 9.47 Å². The molecule has 168 valence electrons. The highest BCUT2D eigenvalue weighted by Crippen LogP contribution is 2.33. The van der Waals surface area contributed by atoms with E-state index in [1.807, 2.05) is 0 Å². The van der Waals surface area contributed by atoms with E-state index in [0.29, 0.717) is 19.5 Å². The minimum atomic E-state index is -0.794. The van der Waals surface area contributed by atoms with E-state index in [2.05, 4.69) is 10.2 Å². The number of nitrogens with one attached hydrogen (secondary N) is 1. The van der Waals surface area contributed by atoms with Gasteiger partial charge in [0.2, 0.25) is 0 Å². The number of hydrogen-bond donors (Lipinski definition) is 2. The molecule has 0 bridgehead atoms. The van der Waals surface area contributed by atoms with Crippen molar-refractivity contribution >= 4 is 11.8 Å². The molecule has 10 heteroatoms. The second-order valence-corrected chi connectivity index (χ2v) is 8.46. The number of carbonyl (C=O) groups is 2. The predicted molar refractivity (Wildman–Crippen MR) is 109 cm³/mol. The van der Waals surface area contributed by atoms with Crippen molar-refractivity contribution in [1.82, 2.24) is 19.7 Å². The highest BCUT2D eigenvalue weighted by atomic mass is 19.1. The van der Waals surface area contributed by atoms with Gasteiger partial charge in [0.15, 0.2) is 5.43 Å². The maximum absolute atomic E-state index is 13.8. The van der Waals surface area contributed by atoms with Crippen LogP contribution >= 0.6 is 0 Å². The number of aromatic nitrogens is 1. The van der Waals surface area contributed by atoms with Gasteiger partial charge >= 0.3 is 0 Å². The summed E-state index contributed by atoms with van der Waals surface area (Å²) in [5, 5.41) is 12.8. The van der Waals surface area contributed by atoms with Crippen LogP contribution in [0.15, 0.2) is 35.3 Å². The van der Waals surface area contributed by atoms with Crippen LogP contribution in [0.1, 0.15) is 39.3 Å². The van der Waals surface area contributed by atoms with Crippen LogP contribution in [-0.2, 0) is 13.1 Å². The molecule has 3 aliphatic rings. The average Bonchev–Trinajstić information content (AvgIpc) is 3.13. The van der Waals surface area contributed by atoms with Gasteiger partial charge in [0.1, 0.15) is 29.1 Å². The predicted octanol–water partition coefficient (Wildman–Crippen LogP) is 0.677. The van der Waals surface area contributed by atoms with Crippen molar-refractivity contribution in [3.63, 3.8) is 0 Å². The Bertz CT molecular complexity index is 1170. The van der Waals surface area contributed by atoms with Crippen LogP contribution in [-0.4, -0.2) is 62.7 Å². The third-order valence-corrected chi connectivity index (χ3v) is 6.58. The summed E-state index contributed by atoms with van der Waals surface area (Å²) in [4.78, 5) is 42.0. The van der Waals surface area contributed by atoms with Crippen LogP contribution < -0.4 is 10.7 Å². The van der Waals surface area contributed by atoms with Crippen molar-refractivity contribution in [2.24, 2.45) is 0 Å². The normalized spacial score (nSPS) is 24.7. The number of pyridine rings is 1. The lowest BCUT2D eigenvalue weighted by Gasteiger charge is -2.39. The molecule has 0 spiro atoms. The molecule has 0 radical (unpaired) electrons. The number of rotatable bonds is 3. The number of amides is 2. The number of benzene rings is 1. The van der Waals surface area contributed by atoms with E-state index in [4.69, 9.17) is 0 Å². The molecule has 8 nitrogen and oxygen atoms in total. The maximum Gasteiger partial charge on any atom is 0.271 e. The van der Waals surface area contributed by atoms with Gasteiger partial charge in [-0.2, -0.15) is 0 Å². The maximum atomic E-state index is 13.8. The molecule has 4 heterocycles. The largest absolute Gasteiger partial charge is 0.391 e. The minimum absolute atomic E-state index is 0.0873. The fourth-order valence-corrected chi connectivity index (χ4v) is 4.92. The third kappa shape index (κ3) is 3.39. The molecule has 2 saturated heterocycles. The first-order valence-electron chi connectivity index (χ1n) is 10.5. The standard InChI is InChI=1S/C22H22F2N4O4/c23-13-4-3-12(15(24)6-13)8-25-21(31)14-9-26-11-20-27-5-1-2-18(29)17(27)10-28(20)22(32)16(26)7-19(14)30/h3-4,6-7,9,17-18,20,29H,1-2,5,8,10-11H2,(H,25,31)/t17-,18?,20-/m0/s1. The first-order chi connectivity index (χ1) is 15.3. The SMILES string of the molecule is O=C(NCc1ccc(F)cc1F)c1cn2c(cc1=O)C(=O)N1C[C@H]3C(O)CCCN3[C@@H]1C2. The summed E-state index contributed by atoms with van der Waals surface area (Å²) in [5.74, 6) is -2.53. The molecule has 2 amide bonds. The van der Waals surface area contributed by atoms with Crippen LogP contribution in [0.4, 0.5) is 8.78 Å². The van der Waals surface area contributed by atoms with Gasteiger partial charge in [-0.05, 0) is 18.9 Å². The summed E-state index contributed by atoms with van der Waals surface area (Å²) in [6, 6.07) is 4.05. The first kappa shape index (κ1) is 20.8. The zero-order valence-corrected chi connectivity index (χ0v) is 17.1. The van der Waals surface area contributed by atoms with Crippen LogP contribution in [0.2, 0.25) is 0 Å². The number of carbonyl (C=O) groups excluding carboxylic acids is 2. The topological polar surface area (TPSA) is 94.9 Å². The Morgan fingerprint density at radius 1 is 1.19 bits per heavy atom. The van der Waals surface area contributed by atoms with E-state index in [0.717, 1.165) is 31.2 Å².